The second kappa shape index (κ2) is 5.34. The van der Waals surface area contributed by atoms with Crippen molar-refractivity contribution in [1.29, 1.82) is 0 Å². The summed E-state index contributed by atoms with van der Waals surface area (Å²) in [5.41, 5.74) is 8.93. The molecule has 108 valence electrons. The first-order valence-electron chi connectivity index (χ1n) is 7.37. The summed E-state index contributed by atoms with van der Waals surface area (Å²) in [6, 6.07) is 17.3. The lowest BCUT2D eigenvalue weighted by atomic mass is 10.0. The molecule has 1 amide bonds. The maximum atomic E-state index is 12.2. The molecule has 3 heteroatoms. The highest BCUT2D eigenvalue weighted by atomic mass is 16.1. The first kappa shape index (κ1) is 13.8. The molecule has 3 rings (SSSR count). The topological polar surface area (TPSA) is 55.1 Å². The van der Waals surface area contributed by atoms with Crippen molar-refractivity contribution in [2.24, 2.45) is 5.73 Å². The van der Waals surface area contributed by atoms with E-state index in [0.717, 1.165) is 18.5 Å². The molecule has 3 N–H and O–H groups in total. The third-order valence-corrected chi connectivity index (χ3v) is 4.36. The highest BCUT2D eigenvalue weighted by Crippen LogP contribution is 2.51. The molecule has 0 bridgehead atoms. The van der Waals surface area contributed by atoms with Gasteiger partial charge in [0.2, 0.25) is 0 Å². The van der Waals surface area contributed by atoms with Gasteiger partial charge in [-0.25, -0.2) is 0 Å². The summed E-state index contributed by atoms with van der Waals surface area (Å²) in [7, 11) is 0. The molecule has 3 nitrogen and oxygen atoms in total. The number of carbonyl (C=O) groups is 1. The van der Waals surface area contributed by atoms with Crippen LogP contribution in [0.3, 0.4) is 0 Å². The quantitative estimate of drug-likeness (QED) is 0.900. The zero-order valence-electron chi connectivity index (χ0n) is 12.2. The Hall–Kier alpha value is -2.13. The van der Waals surface area contributed by atoms with Gasteiger partial charge in [0.05, 0.1) is 0 Å². The molecule has 2 aromatic rings. The van der Waals surface area contributed by atoms with Gasteiger partial charge >= 0.3 is 0 Å². The maximum absolute atomic E-state index is 12.2. The van der Waals surface area contributed by atoms with Crippen molar-refractivity contribution < 1.29 is 4.79 Å². The average Bonchev–Trinajstić information content (AvgIpc) is 3.21. The summed E-state index contributed by atoms with van der Waals surface area (Å²) in [4.78, 5) is 12.2. The summed E-state index contributed by atoms with van der Waals surface area (Å²) in [6.07, 6.45) is 2.01. The smallest absolute Gasteiger partial charge is 0.255 e. The Labute approximate surface area is 125 Å². The van der Waals surface area contributed by atoms with Crippen LogP contribution in [0.15, 0.2) is 54.6 Å². The first-order chi connectivity index (χ1) is 10.1. The van der Waals surface area contributed by atoms with Crippen molar-refractivity contribution in [2.45, 2.75) is 31.2 Å². The molecule has 0 spiro atoms. The molecule has 2 atom stereocenters. The second-order valence-electron chi connectivity index (χ2n) is 5.79. The standard InChI is InChI=1S/C18H20N2O/c1-2-18(19)12-16(18)14-9-6-10-15(11-14)20-17(21)13-7-4-3-5-8-13/h3-11,16H,2,12,19H2,1H3,(H,20,21)/t16-,18+/m0/s1. The largest absolute Gasteiger partial charge is 0.325 e. The van der Waals surface area contributed by atoms with E-state index in [1.165, 1.54) is 5.56 Å². The van der Waals surface area contributed by atoms with Crippen LogP contribution in [0.4, 0.5) is 5.69 Å². The van der Waals surface area contributed by atoms with E-state index in [1.54, 1.807) is 0 Å². The van der Waals surface area contributed by atoms with Gasteiger partial charge in [0, 0.05) is 22.7 Å². The van der Waals surface area contributed by atoms with E-state index in [2.05, 4.69) is 18.3 Å². The molecule has 1 saturated carbocycles. The molecular weight excluding hydrogens is 260 g/mol. The van der Waals surface area contributed by atoms with Gasteiger partial charge in [-0.2, -0.15) is 0 Å². The molecule has 0 aromatic heterocycles. The number of nitrogens with one attached hydrogen (secondary N) is 1. The minimum atomic E-state index is -0.0851. The van der Waals surface area contributed by atoms with Crippen molar-refractivity contribution in [3.05, 3.63) is 65.7 Å². The van der Waals surface area contributed by atoms with Crippen LogP contribution >= 0.6 is 0 Å². The molecule has 1 aliphatic carbocycles. The fourth-order valence-corrected chi connectivity index (χ4v) is 2.79. The van der Waals surface area contributed by atoms with E-state index >= 15 is 0 Å². The van der Waals surface area contributed by atoms with E-state index in [0.29, 0.717) is 11.5 Å². The zero-order chi connectivity index (χ0) is 14.9. The molecule has 0 heterocycles. The number of rotatable bonds is 4. The van der Waals surface area contributed by atoms with Crippen LogP contribution in [0.25, 0.3) is 0 Å². The normalized spacial score (nSPS) is 23.6. The molecule has 2 aromatic carbocycles. The highest BCUT2D eigenvalue weighted by Gasteiger charge is 2.49. The molecule has 1 fully saturated rings. The van der Waals surface area contributed by atoms with Gasteiger partial charge in [0.15, 0.2) is 0 Å². The summed E-state index contributed by atoms with van der Waals surface area (Å²) >= 11 is 0. The minimum absolute atomic E-state index is 0.0535. The predicted molar refractivity (Wildman–Crippen MR) is 85.4 cm³/mol. The van der Waals surface area contributed by atoms with Gasteiger partial charge in [0.1, 0.15) is 0 Å². The SMILES string of the molecule is CC[C@@]1(N)C[C@H]1c1cccc(NC(=O)c2ccccc2)c1. The van der Waals surface area contributed by atoms with Crippen LogP contribution < -0.4 is 11.1 Å². The van der Waals surface area contributed by atoms with E-state index in [4.69, 9.17) is 5.73 Å². The van der Waals surface area contributed by atoms with E-state index in [9.17, 15) is 4.79 Å². The fraction of sp³-hybridized carbons (Fsp3) is 0.278. The third-order valence-electron chi connectivity index (χ3n) is 4.36. The predicted octanol–water partition coefficient (Wildman–Crippen LogP) is 3.53. The monoisotopic (exact) mass is 280 g/mol. The van der Waals surface area contributed by atoms with E-state index in [1.807, 2.05) is 48.5 Å². The summed E-state index contributed by atoms with van der Waals surface area (Å²) in [5.74, 6) is 0.328. The number of benzene rings is 2. The third kappa shape index (κ3) is 2.83. The Morgan fingerprint density at radius 3 is 2.67 bits per heavy atom. The van der Waals surface area contributed by atoms with E-state index < -0.39 is 0 Å². The van der Waals surface area contributed by atoms with E-state index in [-0.39, 0.29) is 11.4 Å². The Bertz CT molecular complexity index is 653. The van der Waals surface area contributed by atoms with Crippen LogP contribution in [0.5, 0.6) is 0 Å². The molecule has 0 saturated heterocycles. The lowest BCUT2D eigenvalue weighted by Crippen LogP contribution is -2.22. The van der Waals surface area contributed by atoms with Gasteiger partial charge < -0.3 is 11.1 Å². The maximum Gasteiger partial charge on any atom is 0.255 e. The van der Waals surface area contributed by atoms with Gasteiger partial charge in [-0.1, -0.05) is 37.3 Å². The molecule has 0 radical (unpaired) electrons. The molecule has 0 aliphatic heterocycles. The van der Waals surface area contributed by atoms with Crippen LogP contribution in [-0.4, -0.2) is 11.4 Å². The zero-order valence-corrected chi connectivity index (χ0v) is 12.2. The van der Waals surface area contributed by atoms with Crippen molar-refractivity contribution in [2.75, 3.05) is 5.32 Å². The molecule has 1 aliphatic rings. The Balaban J connectivity index is 1.74. The molecular formula is C18H20N2O. The minimum Gasteiger partial charge on any atom is -0.325 e. The summed E-state index contributed by atoms with van der Waals surface area (Å²) in [5, 5.41) is 2.95. The summed E-state index contributed by atoms with van der Waals surface area (Å²) in [6.45, 7) is 2.13. The van der Waals surface area contributed by atoms with Crippen LogP contribution in [-0.2, 0) is 0 Å². The van der Waals surface area contributed by atoms with Crippen molar-refractivity contribution in [3.63, 3.8) is 0 Å². The Morgan fingerprint density at radius 1 is 1.24 bits per heavy atom. The van der Waals surface area contributed by atoms with Crippen LogP contribution in [0.2, 0.25) is 0 Å². The number of nitrogens with two attached hydrogens (primary N) is 1. The summed E-state index contributed by atoms with van der Waals surface area (Å²) < 4.78 is 0. The van der Waals surface area contributed by atoms with Gasteiger partial charge in [-0.15, -0.1) is 0 Å². The molecule has 21 heavy (non-hydrogen) atoms. The van der Waals surface area contributed by atoms with Gasteiger partial charge in [-0.3, -0.25) is 4.79 Å². The van der Waals surface area contributed by atoms with Crippen LogP contribution in [0.1, 0.15) is 41.6 Å². The lowest BCUT2D eigenvalue weighted by molar-refractivity contribution is 0.102. The van der Waals surface area contributed by atoms with Crippen molar-refractivity contribution in [1.82, 2.24) is 0 Å². The number of anilines is 1. The second-order valence-corrected chi connectivity index (χ2v) is 5.79. The van der Waals surface area contributed by atoms with Crippen molar-refractivity contribution >= 4 is 11.6 Å². The number of hydrogen-bond donors (Lipinski definition) is 2. The number of carbonyl (C=O) groups excluding carboxylic acids is 1. The molecule has 0 unspecified atom stereocenters. The Kier molecular flexibility index (Phi) is 3.52. The fourth-order valence-electron chi connectivity index (χ4n) is 2.79. The van der Waals surface area contributed by atoms with Gasteiger partial charge in [0.25, 0.3) is 5.91 Å². The lowest BCUT2D eigenvalue weighted by Gasteiger charge is -2.10. The van der Waals surface area contributed by atoms with Crippen LogP contribution in [0, 0.1) is 0 Å². The average molecular weight is 280 g/mol. The number of amides is 1. The number of hydrogen-bond acceptors (Lipinski definition) is 2. The van der Waals surface area contributed by atoms with Gasteiger partial charge in [-0.05, 0) is 42.7 Å². The Morgan fingerprint density at radius 2 is 2.00 bits per heavy atom. The first-order valence-corrected chi connectivity index (χ1v) is 7.37. The highest BCUT2D eigenvalue weighted by molar-refractivity contribution is 6.04. The van der Waals surface area contributed by atoms with Crippen molar-refractivity contribution in [3.8, 4) is 0 Å².